The number of aromatic nitrogens is 2. The van der Waals surface area contributed by atoms with E-state index in [0.29, 0.717) is 25.3 Å². The Labute approximate surface area is 182 Å². The second-order valence-corrected chi connectivity index (χ2v) is 7.79. The van der Waals surface area contributed by atoms with Crippen molar-refractivity contribution in [3.05, 3.63) is 94.8 Å². The van der Waals surface area contributed by atoms with Gasteiger partial charge in [0.2, 0.25) is 0 Å². The Morgan fingerprint density at radius 1 is 0.935 bits per heavy atom. The molecule has 0 saturated heterocycles. The van der Waals surface area contributed by atoms with Crippen LogP contribution in [0.2, 0.25) is 0 Å². The second kappa shape index (κ2) is 9.04. The standard InChI is InChI=1S/C26H27N3O2/c1-18-11-13-21(14-12-18)26(30)27-17-24-28-22-9-4-5-10-23(22)29(24)15-16-31-25-19(2)7-6-8-20(25)3/h4-14H,15-17H2,1-3H3,(H,27,30). The summed E-state index contributed by atoms with van der Waals surface area (Å²) in [7, 11) is 0. The number of carbonyl (C=O) groups is 1. The van der Waals surface area contributed by atoms with Crippen LogP contribution in [-0.2, 0) is 13.1 Å². The summed E-state index contributed by atoms with van der Waals surface area (Å²) in [5.41, 5.74) is 5.97. The second-order valence-electron chi connectivity index (χ2n) is 7.79. The molecule has 0 aliphatic rings. The maximum absolute atomic E-state index is 12.6. The van der Waals surface area contributed by atoms with Crippen molar-refractivity contribution in [2.75, 3.05) is 6.61 Å². The number of nitrogens with one attached hydrogen (secondary N) is 1. The van der Waals surface area contributed by atoms with Gasteiger partial charge in [-0.25, -0.2) is 4.98 Å². The third-order valence-corrected chi connectivity index (χ3v) is 5.42. The highest BCUT2D eigenvalue weighted by Gasteiger charge is 2.13. The Morgan fingerprint density at radius 2 is 1.65 bits per heavy atom. The first-order chi connectivity index (χ1) is 15.0. The first kappa shape index (κ1) is 20.7. The van der Waals surface area contributed by atoms with Crippen LogP contribution >= 0.6 is 0 Å². The van der Waals surface area contributed by atoms with Crippen molar-refractivity contribution < 1.29 is 9.53 Å². The minimum atomic E-state index is -0.106. The van der Waals surface area contributed by atoms with Crippen molar-refractivity contribution in [1.82, 2.24) is 14.9 Å². The number of nitrogens with zero attached hydrogens (tertiary/aromatic N) is 2. The zero-order valence-electron chi connectivity index (χ0n) is 18.2. The summed E-state index contributed by atoms with van der Waals surface area (Å²) in [4.78, 5) is 17.3. The number of amides is 1. The van der Waals surface area contributed by atoms with E-state index in [0.717, 1.165) is 39.3 Å². The molecule has 1 aromatic heterocycles. The summed E-state index contributed by atoms with van der Waals surface area (Å²) in [6.45, 7) is 7.63. The van der Waals surface area contributed by atoms with Gasteiger partial charge in [0.15, 0.2) is 0 Å². The highest BCUT2D eigenvalue weighted by Crippen LogP contribution is 2.23. The summed E-state index contributed by atoms with van der Waals surface area (Å²) in [5, 5.41) is 3.00. The zero-order valence-corrected chi connectivity index (χ0v) is 18.2. The van der Waals surface area contributed by atoms with Gasteiger partial charge in [0, 0.05) is 5.56 Å². The minimum absolute atomic E-state index is 0.106. The quantitative estimate of drug-likeness (QED) is 0.465. The van der Waals surface area contributed by atoms with Crippen molar-refractivity contribution in [3.8, 4) is 5.75 Å². The third-order valence-electron chi connectivity index (χ3n) is 5.42. The molecule has 0 fully saturated rings. The van der Waals surface area contributed by atoms with Crippen LogP contribution < -0.4 is 10.1 Å². The van der Waals surface area contributed by atoms with Crippen molar-refractivity contribution >= 4 is 16.9 Å². The molecule has 0 spiro atoms. The molecule has 0 radical (unpaired) electrons. The molecule has 4 aromatic rings. The number of fused-ring (bicyclic) bond motifs is 1. The fourth-order valence-electron chi connectivity index (χ4n) is 3.74. The van der Waals surface area contributed by atoms with E-state index in [2.05, 4.69) is 35.9 Å². The number of carbonyl (C=O) groups excluding carboxylic acids is 1. The number of imidazole rings is 1. The van der Waals surface area contributed by atoms with E-state index < -0.39 is 0 Å². The molecule has 3 aromatic carbocycles. The van der Waals surface area contributed by atoms with Gasteiger partial charge in [0.1, 0.15) is 18.2 Å². The van der Waals surface area contributed by atoms with Crippen LogP contribution in [0.5, 0.6) is 5.75 Å². The Morgan fingerprint density at radius 3 is 2.39 bits per heavy atom. The summed E-state index contributed by atoms with van der Waals surface area (Å²) in [5.74, 6) is 1.64. The third kappa shape index (κ3) is 4.61. The molecular weight excluding hydrogens is 386 g/mol. The molecule has 0 aliphatic carbocycles. The maximum Gasteiger partial charge on any atom is 0.251 e. The normalized spacial score (nSPS) is 10.9. The van der Waals surface area contributed by atoms with Crippen molar-refractivity contribution in [2.45, 2.75) is 33.9 Å². The summed E-state index contributed by atoms with van der Waals surface area (Å²) in [6.07, 6.45) is 0. The van der Waals surface area contributed by atoms with E-state index >= 15 is 0 Å². The molecular formula is C26H27N3O2. The van der Waals surface area contributed by atoms with Crippen LogP contribution in [0.25, 0.3) is 11.0 Å². The molecule has 5 heteroatoms. The predicted molar refractivity (Wildman–Crippen MR) is 123 cm³/mol. The first-order valence-corrected chi connectivity index (χ1v) is 10.5. The van der Waals surface area contributed by atoms with Crippen molar-refractivity contribution in [1.29, 1.82) is 0 Å². The highest BCUT2D eigenvalue weighted by atomic mass is 16.5. The molecule has 5 nitrogen and oxygen atoms in total. The maximum atomic E-state index is 12.6. The Hall–Kier alpha value is -3.60. The van der Waals surface area contributed by atoms with Gasteiger partial charge in [-0.15, -0.1) is 0 Å². The predicted octanol–water partition coefficient (Wildman–Crippen LogP) is 4.97. The zero-order chi connectivity index (χ0) is 21.8. The average molecular weight is 414 g/mol. The molecule has 4 rings (SSSR count). The van der Waals surface area contributed by atoms with Crippen molar-refractivity contribution in [2.24, 2.45) is 0 Å². The van der Waals surface area contributed by atoms with E-state index in [4.69, 9.17) is 9.72 Å². The fraction of sp³-hybridized carbons (Fsp3) is 0.231. The topological polar surface area (TPSA) is 56.2 Å². The number of para-hydroxylation sites is 3. The molecule has 0 saturated carbocycles. The number of rotatable bonds is 7. The fourth-order valence-corrected chi connectivity index (χ4v) is 3.74. The van der Waals surface area contributed by atoms with Gasteiger partial charge in [-0.1, -0.05) is 48.0 Å². The van der Waals surface area contributed by atoms with E-state index in [9.17, 15) is 4.79 Å². The Balaban J connectivity index is 1.50. The first-order valence-electron chi connectivity index (χ1n) is 10.5. The van der Waals surface area contributed by atoms with Gasteiger partial charge in [0.25, 0.3) is 5.91 Å². The van der Waals surface area contributed by atoms with Crippen LogP contribution in [0.1, 0.15) is 32.9 Å². The minimum Gasteiger partial charge on any atom is -0.491 e. The summed E-state index contributed by atoms with van der Waals surface area (Å²) in [6, 6.07) is 21.7. The largest absolute Gasteiger partial charge is 0.491 e. The van der Waals surface area contributed by atoms with Crippen LogP contribution in [0.4, 0.5) is 0 Å². The van der Waals surface area contributed by atoms with Crippen LogP contribution in [-0.4, -0.2) is 22.1 Å². The molecule has 0 aliphatic heterocycles. The molecule has 1 heterocycles. The smallest absolute Gasteiger partial charge is 0.251 e. The Kier molecular flexibility index (Phi) is 6.03. The summed E-state index contributed by atoms with van der Waals surface area (Å²) >= 11 is 0. The van der Waals surface area contributed by atoms with Gasteiger partial charge >= 0.3 is 0 Å². The van der Waals surface area contributed by atoms with Crippen LogP contribution in [0, 0.1) is 20.8 Å². The van der Waals surface area contributed by atoms with Crippen LogP contribution in [0.15, 0.2) is 66.7 Å². The monoisotopic (exact) mass is 413 g/mol. The van der Waals surface area contributed by atoms with Gasteiger partial charge in [-0.3, -0.25) is 4.79 Å². The number of benzene rings is 3. The number of hydrogen-bond acceptors (Lipinski definition) is 3. The number of aryl methyl sites for hydroxylation is 3. The number of ether oxygens (including phenoxy) is 1. The van der Waals surface area contributed by atoms with Crippen molar-refractivity contribution in [3.63, 3.8) is 0 Å². The summed E-state index contributed by atoms with van der Waals surface area (Å²) < 4.78 is 8.24. The van der Waals surface area contributed by atoms with Gasteiger partial charge in [-0.2, -0.15) is 0 Å². The van der Waals surface area contributed by atoms with E-state index in [-0.39, 0.29) is 5.91 Å². The van der Waals surface area contributed by atoms with Gasteiger partial charge in [-0.05, 0) is 56.2 Å². The molecule has 1 amide bonds. The lowest BCUT2D eigenvalue weighted by atomic mass is 10.1. The lowest BCUT2D eigenvalue weighted by molar-refractivity contribution is 0.0949. The number of hydrogen-bond donors (Lipinski definition) is 1. The van der Waals surface area contributed by atoms with Crippen LogP contribution in [0.3, 0.4) is 0 Å². The van der Waals surface area contributed by atoms with Gasteiger partial charge in [0.05, 0.1) is 24.1 Å². The van der Waals surface area contributed by atoms with E-state index in [1.54, 1.807) is 0 Å². The lowest BCUT2D eigenvalue weighted by Crippen LogP contribution is -2.25. The molecule has 31 heavy (non-hydrogen) atoms. The Bertz CT molecular complexity index is 1190. The average Bonchev–Trinajstić information content (AvgIpc) is 3.12. The SMILES string of the molecule is Cc1ccc(C(=O)NCc2nc3ccccc3n2CCOc2c(C)cccc2C)cc1. The highest BCUT2D eigenvalue weighted by molar-refractivity contribution is 5.94. The lowest BCUT2D eigenvalue weighted by Gasteiger charge is -2.14. The molecule has 158 valence electrons. The van der Waals surface area contributed by atoms with E-state index in [1.807, 2.05) is 61.5 Å². The van der Waals surface area contributed by atoms with E-state index in [1.165, 1.54) is 0 Å². The molecule has 1 N–H and O–H groups in total. The molecule has 0 bridgehead atoms. The van der Waals surface area contributed by atoms with Gasteiger partial charge < -0.3 is 14.6 Å². The molecule has 0 unspecified atom stereocenters. The molecule has 0 atom stereocenters.